The molecule has 2 aromatic rings. The van der Waals surface area contributed by atoms with E-state index in [4.69, 9.17) is 4.74 Å². The molecule has 1 atom stereocenters. The first-order chi connectivity index (χ1) is 12.8. The second-order valence-electron chi connectivity index (χ2n) is 6.47. The predicted octanol–water partition coefficient (Wildman–Crippen LogP) is 1.75. The minimum absolute atomic E-state index is 0.152. The van der Waals surface area contributed by atoms with Crippen molar-refractivity contribution in [2.24, 2.45) is 5.92 Å². The average Bonchev–Trinajstić information content (AvgIpc) is 2.62. The normalized spacial score (nSPS) is 11.9. The Balaban J connectivity index is 2.20. The highest BCUT2D eigenvalue weighted by molar-refractivity contribution is 5.84. The first-order valence-corrected chi connectivity index (χ1v) is 8.52. The third-order valence-electron chi connectivity index (χ3n) is 3.84. The lowest BCUT2D eigenvalue weighted by molar-refractivity contribution is -0.145. The van der Waals surface area contributed by atoms with Gasteiger partial charge < -0.3 is 10.1 Å². The predicted molar refractivity (Wildman–Crippen MR) is 97.3 cm³/mol. The van der Waals surface area contributed by atoms with Crippen molar-refractivity contribution in [1.29, 1.82) is 0 Å². The van der Waals surface area contributed by atoms with Gasteiger partial charge in [0.1, 0.15) is 18.4 Å². The van der Waals surface area contributed by atoms with E-state index in [0.717, 1.165) is 4.68 Å². The summed E-state index contributed by atoms with van der Waals surface area (Å²) in [5.74, 6) is -1.45. The average molecular weight is 375 g/mol. The summed E-state index contributed by atoms with van der Waals surface area (Å²) in [7, 11) is 1.24. The molecule has 0 radical (unpaired) electrons. The Morgan fingerprint density at radius 3 is 2.56 bits per heavy atom. The van der Waals surface area contributed by atoms with Gasteiger partial charge in [-0.2, -0.15) is 5.10 Å². The van der Waals surface area contributed by atoms with E-state index in [9.17, 15) is 18.8 Å². The number of hydrogen-bond acceptors (Lipinski definition) is 5. The highest BCUT2D eigenvalue weighted by Crippen LogP contribution is 2.18. The van der Waals surface area contributed by atoms with Crippen molar-refractivity contribution in [2.75, 3.05) is 7.11 Å². The molecular formula is C19H22FN3O4. The number of nitrogens with zero attached hydrogens (tertiary/aromatic N) is 2. The van der Waals surface area contributed by atoms with E-state index in [0.29, 0.717) is 6.42 Å². The van der Waals surface area contributed by atoms with Crippen LogP contribution >= 0.6 is 0 Å². The van der Waals surface area contributed by atoms with E-state index >= 15 is 0 Å². The second-order valence-corrected chi connectivity index (χ2v) is 6.47. The number of benzene rings is 1. The molecule has 2 rings (SSSR count). The molecule has 7 nitrogen and oxygen atoms in total. The lowest BCUT2D eigenvalue weighted by atomic mass is 10.0. The fraction of sp³-hybridized carbons (Fsp3) is 0.368. The first-order valence-electron chi connectivity index (χ1n) is 8.52. The van der Waals surface area contributed by atoms with Crippen LogP contribution in [0.25, 0.3) is 11.3 Å². The van der Waals surface area contributed by atoms with Gasteiger partial charge >= 0.3 is 5.97 Å². The number of aromatic nitrogens is 2. The molecule has 1 amide bonds. The molecule has 1 N–H and O–H groups in total. The number of esters is 1. The van der Waals surface area contributed by atoms with Crippen LogP contribution in [0.1, 0.15) is 20.3 Å². The van der Waals surface area contributed by atoms with Crippen molar-refractivity contribution in [3.05, 3.63) is 52.6 Å². The number of rotatable bonds is 7. The molecule has 0 aliphatic carbocycles. The monoisotopic (exact) mass is 375 g/mol. The zero-order valence-corrected chi connectivity index (χ0v) is 15.4. The molecule has 1 unspecified atom stereocenters. The molecular weight excluding hydrogens is 353 g/mol. The minimum Gasteiger partial charge on any atom is -0.467 e. The van der Waals surface area contributed by atoms with Crippen molar-refractivity contribution in [3.8, 4) is 11.3 Å². The van der Waals surface area contributed by atoms with Gasteiger partial charge in [0.25, 0.3) is 5.56 Å². The van der Waals surface area contributed by atoms with Crippen molar-refractivity contribution in [3.63, 3.8) is 0 Å². The Morgan fingerprint density at radius 1 is 1.22 bits per heavy atom. The largest absolute Gasteiger partial charge is 0.467 e. The molecule has 0 saturated heterocycles. The third-order valence-corrected chi connectivity index (χ3v) is 3.84. The van der Waals surface area contributed by atoms with Crippen LogP contribution in [0.15, 0.2) is 41.2 Å². The van der Waals surface area contributed by atoms with Crippen LogP contribution in [-0.4, -0.2) is 34.8 Å². The van der Waals surface area contributed by atoms with Crippen molar-refractivity contribution >= 4 is 11.9 Å². The highest BCUT2D eigenvalue weighted by Gasteiger charge is 2.23. The van der Waals surface area contributed by atoms with Gasteiger partial charge in [-0.15, -0.1) is 0 Å². The van der Waals surface area contributed by atoms with E-state index in [1.54, 1.807) is 12.1 Å². The van der Waals surface area contributed by atoms with E-state index in [-0.39, 0.29) is 17.2 Å². The van der Waals surface area contributed by atoms with Crippen LogP contribution in [0, 0.1) is 11.7 Å². The maximum absolute atomic E-state index is 13.9. The summed E-state index contributed by atoms with van der Waals surface area (Å²) in [6, 6.07) is 7.81. The summed E-state index contributed by atoms with van der Waals surface area (Å²) in [6.07, 6.45) is 0.399. The summed E-state index contributed by atoms with van der Waals surface area (Å²) in [4.78, 5) is 36.1. The fourth-order valence-electron chi connectivity index (χ4n) is 2.58. The Kier molecular flexibility index (Phi) is 6.81. The Hall–Kier alpha value is -3.03. The molecule has 144 valence electrons. The smallest absolute Gasteiger partial charge is 0.328 e. The van der Waals surface area contributed by atoms with E-state index < -0.39 is 35.8 Å². The standard InChI is InChI=1S/C19H22FN3O4/c1-12(2)10-16(19(26)27-3)21-17(24)11-23-18(25)9-8-15(22-23)13-6-4-5-7-14(13)20/h4-9,12,16H,10-11H2,1-3H3,(H,21,24). The summed E-state index contributed by atoms with van der Waals surface area (Å²) in [6.45, 7) is 3.42. The van der Waals surface area contributed by atoms with Gasteiger partial charge in [0.05, 0.1) is 12.8 Å². The van der Waals surface area contributed by atoms with E-state index in [1.807, 2.05) is 13.8 Å². The Bertz CT molecular complexity index is 879. The van der Waals surface area contributed by atoms with Crippen LogP contribution < -0.4 is 10.9 Å². The van der Waals surface area contributed by atoms with Crippen LogP contribution in [0.2, 0.25) is 0 Å². The number of halogens is 1. The number of hydrogen-bond donors (Lipinski definition) is 1. The maximum Gasteiger partial charge on any atom is 0.328 e. The SMILES string of the molecule is COC(=O)C(CC(C)C)NC(=O)Cn1nc(-c2ccccc2F)ccc1=O. The topological polar surface area (TPSA) is 90.3 Å². The summed E-state index contributed by atoms with van der Waals surface area (Å²) >= 11 is 0. The highest BCUT2D eigenvalue weighted by atomic mass is 19.1. The number of amides is 1. The molecule has 1 aromatic carbocycles. The third kappa shape index (κ3) is 5.47. The molecule has 27 heavy (non-hydrogen) atoms. The van der Waals surface area contributed by atoms with Gasteiger partial charge in [0.15, 0.2) is 0 Å². The van der Waals surface area contributed by atoms with Crippen LogP contribution in [0.4, 0.5) is 4.39 Å². The summed E-state index contributed by atoms with van der Waals surface area (Å²) < 4.78 is 19.6. The number of ether oxygens (including phenoxy) is 1. The lowest BCUT2D eigenvalue weighted by Gasteiger charge is -2.18. The second kappa shape index (κ2) is 9.07. The van der Waals surface area contributed by atoms with E-state index in [2.05, 4.69) is 10.4 Å². The van der Waals surface area contributed by atoms with Gasteiger partial charge in [-0.25, -0.2) is 13.9 Å². The zero-order valence-electron chi connectivity index (χ0n) is 15.4. The molecule has 1 heterocycles. The number of carbonyl (C=O) groups excluding carboxylic acids is 2. The van der Waals surface area contributed by atoms with Gasteiger partial charge in [0, 0.05) is 11.6 Å². The quantitative estimate of drug-likeness (QED) is 0.745. The number of nitrogens with one attached hydrogen (secondary N) is 1. The molecule has 8 heteroatoms. The molecule has 1 aromatic heterocycles. The van der Waals surface area contributed by atoms with Gasteiger partial charge in [0.2, 0.25) is 5.91 Å². The summed E-state index contributed by atoms with van der Waals surface area (Å²) in [5, 5.41) is 6.62. The minimum atomic E-state index is -0.812. The number of methoxy groups -OCH3 is 1. The summed E-state index contributed by atoms with van der Waals surface area (Å²) in [5.41, 5.74) is -0.0604. The van der Waals surface area contributed by atoms with Crippen molar-refractivity contribution in [2.45, 2.75) is 32.9 Å². The number of carbonyl (C=O) groups is 2. The Labute approximate surface area is 156 Å². The van der Waals surface area contributed by atoms with Crippen LogP contribution in [-0.2, 0) is 20.9 Å². The maximum atomic E-state index is 13.9. The van der Waals surface area contributed by atoms with E-state index in [1.165, 1.54) is 31.4 Å². The molecule has 0 aliphatic heterocycles. The van der Waals surface area contributed by atoms with Crippen molar-refractivity contribution < 1.29 is 18.7 Å². The van der Waals surface area contributed by atoms with Crippen LogP contribution in [0.5, 0.6) is 0 Å². The Morgan fingerprint density at radius 2 is 1.93 bits per heavy atom. The van der Waals surface area contributed by atoms with Gasteiger partial charge in [-0.05, 0) is 30.5 Å². The fourth-order valence-corrected chi connectivity index (χ4v) is 2.58. The molecule has 0 fully saturated rings. The first kappa shape index (κ1) is 20.3. The van der Waals surface area contributed by atoms with Gasteiger partial charge in [-0.3, -0.25) is 9.59 Å². The molecule has 0 saturated carbocycles. The van der Waals surface area contributed by atoms with Crippen molar-refractivity contribution in [1.82, 2.24) is 15.1 Å². The molecule has 0 spiro atoms. The van der Waals surface area contributed by atoms with Gasteiger partial charge in [-0.1, -0.05) is 26.0 Å². The zero-order chi connectivity index (χ0) is 20.0. The van der Waals surface area contributed by atoms with Crippen LogP contribution in [0.3, 0.4) is 0 Å². The molecule has 0 aliphatic rings. The lowest BCUT2D eigenvalue weighted by Crippen LogP contribution is -2.44. The molecule has 0 bridgehead atoms.